The van der Waals surface area contributed by atoms with Gasteiger partial charge in [-0.05, 0) is 19.4 Å². The predicted octanol–water partition coefficient (Wildman–Crippen LogP) is -1.02. The largest absolute Gasteiger partial charge is 0.314 e. The summed E-state index contributed by atoms with van der Waals surface area (Å²) in [4.78, 5) is 0. The first kappa shape index (κ1) is 6.01. The molecule has 1 rings (SSSR count). The molecule has 3 nitrogen and oxygen atoms in total. The molecule has 0 unspecified atom stereocenters. The second-order valence-electron chi connectivity index (χ2n) is 2.51. The fourth-order valence-electron chi connectivity index (χ4n) is 0.952. The van der Waals surface area contributed by atoms with E-state index < -0.39 is 5.66 Å². The van der Waals surface area contributed by atoms with Crippen LogP contribution >= 0.6 is 0 Å². The van der Waals surface area contributed by atoms with Crippen LogP contribution in [0.2, 0.25) is 0 Å². The third-order valence-electron chi connectivity index (χ3n) is 1.45. The number of piperidine rings is 1. The molecule has 1 fully saturated rings. The summed E-state index contributed by atoms with van der Waals surface area (Å²) in [6, 6.07) is 0. The van der Waals surface area contributed by atoms with E-state index in [4.69, 9.17) is 11.5 Å². The Hall–Kier alpha value is -0.120. The van der Waals surface area contributed by atoms with Crippen molar-refractivity contribution in [2.45, 2.75) is 18.5 Å². The van der Waals surface area contributed by atoms with Crippen molar-refractivity contribution in [3.05, 3.63) is 0 Å². The smallest absolute Gasteiger partial charge is 0.0765 e. The first-order valence-electron chi connectivity index (χ1n) is 2.99. The minimum atomic E-state index is -0.432. The third kappa shape index (κ3) is 1.43. The predicted molar refractivity (Wildman–Crippen MR) is 33.2 cm³/mol. The lowest BCUT2D eigenvalue weighted by atomic mass is 10.0. The zero-order chi connectivity index (χ0) is 6.04. The lowest BCUT2D eigenvalue weighted by Crippen LogP contribution is -2.59. The molecule has 0 aromatic heterocycles. The Bertz CT molecular complexity index is 71.7. The average molecular weight is 115 g/mol. The monoisotopic (exact) mass is 115 g/mol. The van der Waals surface area contributed by atoms with Gasteiger partial charge in [0.1, 0.15) is 0 Å². The third-order valence-corrected chi connectivity index (χ3v) is 1.45. The van der Waals surface area contributed by atoms with Crippen molar-refractivity contribution in [2.24, 2.45) is 11.5 Å². The van der Waals surface area contributed by atoms with Crippen LogP contribution in [0.3, 0.4) is 0 Å². The van der Waals surface area contributed by atoms with Gasteiger partial charge in [-0.1, -0.05) is 0 Å². The number of rotatable bonds is 0. The highest BCUT2D eigenvalue weighted by atomic mass is 15.1. The van der Waals surface area contributed by atoms with Crippen LogP contribution in [0.4, 0.5) is 0 Å². The highest BCUT2D eigenvalue weighted by molar-refractivity contribution is 4.83. The topological polar surface area (TPSA) is 64.1 Å². The molecule has 1 aliphatic rings. The van der Waals surface area contributed by atoms with Crippen LogP contribution in [0.1, 0.15) is 12.8 Å². The van der Waals surface area contributed by atoms with E-state index in [0.29, 0.717) is 0 Å². The summed E-state index contributed by atoms with van der Waals surface area (Å²) in [5.74, 6) is 0. The first-order valence-corrected chi connectivity index (χ1v) is 2.99. The number of nitrogens with two attached hydrogens (primary N) is 2. The Morgan fingerprint density at radius 2 is 2.12 bits per heavy atom. The van der Waals surface area contributed by atoms with Crippen LogP contribution in [-0.2, 0) is 0 Å². The van der Waals surface area contributed by atoms with E-state index in [1.807, 2.05) is 0 Å². The van der Waals surface area contributed by atoms with Crippen LogP contribution in [0.15, 0.2) is 0 Å². The Morgan fingerprint density at radius 1 is 1.38 bits per heavy atom. The van der Waals surface area contributed by atoms with Gasteiger partial charge in [-0.15, -0.1) is 0 Å². The van der Waals surface area contributed by atoms with Gasteiger partial charge < -0.3 is 16.8 Å². The van der Waals surface area contributed by atoms with E-state index >= 15 is 0 Å². The molecule has 0 aromatic carbocycles. The molecule has 0 saturated carbocycles. The Labute approximate surface area is 49.4 Å². The second-order valence-corrected chi connectivity index (χ2v) is 2.51. The lowest BCUT2D eigenvalue weighted by Gasteiger charge is -2.29. The number of hydrogen-bond donors (Lipinski definition) is 3. The summed E-state index contributed by atoms with van der Waals surface area (Å²) in [5, 5.41) is 3.12. The van der Waals surface area contributed by atoms with Crippen molar-refractivity contribution >= 4 is 0 Å². The van der Waals surface area contributed by atoms with Crippen LogP contribution < -0.4 is 16.8 Å². The van der Waals surface area contributed by atoms with E-state index in [2.05, 4.69) is 5.32 Å². The molecule has 3 heteroatoms. The van der Waals surface area contributed by atoms with E-state index in [1.54, 1.807) is 0 Å². The minimum Gasteiger partial charge on any atom is -0.314 e. The zero-order valence-electron chi connectivity index (χ0n) is 4.98. The van der Waals surface area contributed by atoms with Crippen molar-refractivity contribution in [1.82, 2.24) is 5.32 Å². The van der Waals surface area contributed by atoms with Crippen LogP contribution in [0.5, 0.6) is 0 Å². The van der Waals surface area contributed by atoms with Gasteiger partial charge in [-0.2, -0.15) is 0 Å². The van der Waals surface area contributed by atoms with Gasteiger partial charge >= 0.3 is 0 Å². The molecule has 0 bridgehead atoms. The van der Waals surface area contributed by atoms with Crippen LogP contribution in [0, 0.1) is 0 Å². The molecule has 0 aromatic rings. The van der Waals surface area contributed by atoms with Gasteiger partial charge in [0.2, 0.25) is 0 Å². The fourth-order valence-corrected chi connectivity index (χ4v) is 0.952. The standard InChI is InChI=1S/C5H13N3/c6-5(7)2-1-3-8-4-5/h8H,1-4,6-7H2. The number of nitrogens with one attached hydrogen (secondary N) is 1. The second kappa shape index (κ2) is 2.01. The van der Waals surface area contributed by atoms with Gasteiger partial charge in [0.05, 0.1) is 5.66 Å². The Kier molecular flexibility index (Phi) is 1.51. The van der Waals surface area contributed by atoms with Crippen molar-refractivity contribution < 1.29 is 0 Å². The van der Waals surface area contributed by atoms with Gasteiger partial charge in [0.25, 0.3) is 0 Å². The van der Waals surface area contributed by atoms with Gasteiger partial charge in [-0.3, -0.25) is 0 Å². The quantitative estimate of drug-likeness (QED) is 0.354. The van der Waals surface area contributed by atoms with Crippen molar-refractivity contribution in [1.29, 1.82) is 0 Å². The van der Waals surface area contributed by atoms with E-state index in [0.717, 1.165) is 25.9 Å². The molecule has 5 N–H and O–H groups in total. The van der Waals surface area contributed by atoms with Crippen LogP contribution in [-0.4, -0.2) is 18.8 Å². The Morgan fingerprint density at radius 3 is 2.38 bits per heavy atom. The highest BCUT2D eigenvalue weighted by Crippen LogP contribution is 2.04. The van der Waals surface area contributed by atoms with Gasteiger partial charge in [-0.25, -0.2) is 0 Å². The van der Waals surface area contributed by atoms with Gasteiger partial charge in [0, 0.05) is 6.54 Å². The molecule has 1 saturated heterocycles. The summed E-state index contributed by atoms with van der Waals surface area (Å²) in [6.07, 6.45) is 2.05. The van der Waals surface area contributed by atoms with E-state index in [1.165, 1.54) is 0 Å². The zero-order valence-corrected chi connectivity index (χ0v) is 4.98. The summed E-state index contributed by atoms with van der Waals surface area (Å²) in [6.45, 7) is 1.82. The molecule has 8 heavy (non-hydrogen) atoms. The number of hydrogen-bond acceptors (Lipinski definition) is 3. The van der Waals surface area contributed by atoms with Crippen molar-refractivity contribution in [3.8, 4) is 0 Å². The average Bonchev–Trinajstić information content (AvgIpc) is 1.65. The lowest BCUT2D eigenvalue weighted by molar-refractivity contribution is 0.325. The molecule has 48 valence electrons. The SMILES string of the molecule is NC1(N)CCCNC1. The molecular formula is C5H13N3. The Balaban J connectivity index is 2.33. The molecule has 0 spiro atoms. The molecule has 0 aliphatic carbocycles. The summed E-state index contributed by atoms with van der Waals surface area (Å²) >= 11 is 0. The highest BCUT2D eigenvalue weighted by Gasteiger charge is 2.20. The summed E-state index contributed by atoms with van der Waals surface area (Å²) in [5.41, 5.74) is 10.8. The molecule has 0 amide bonds. The van der Waals surface area contributed by atoms with Crippen LogP contribution in [0.25, 0.3) is 0 Å². The maximum atomic E-state index is 5.59. The van der Waals surface area contributed by atoms with Crippen molar-refractivity contribution in [3.63, 3.8) is 0 Å². The molecule has 0 atom stereocenters. The molecular weight excluding hydrogens is 102 g/mol. The molecule has 1 heterocycles. The maximum Gasteiger partial charge on any atom is 0.0765 e. The van der Waals surface area contributed by atoms with E-state index in [9.17, 15) is 0 Å². The first-order chi connectivity index (χ1) is 3.71. The van der Waals surface area contributed by atoms with E-state index in [-0.39, 0.29) is 0 Å². The molecule has 0 radical (unpaired) electrons. The van der Waals surface area contributed by atoms with Crippen molar-refractivity contribution in [2.75, 3.05) is 13.1 Å². The summed E-state index contributed by atoms with van der Waals surface area (Å²) < 4.78 is 0. The summed E-state index contributed by atoms with van der Waals surface area (Å²) in [7, 11) is 0. The normalized spacial score (nSPS) is 27.8. The minimum absolute atomic E-state index is 0.432. The molecule has 1 aliphatic heterocycles. The van der Waals surface area contributed by atoms with Gasteiger partial charge in [0.15, 0.2) is 0 Å². The fraction of sp³-hybridized carbons (Fsp3) is 1.00. The maximum absolute atomic E-state index is 5.59.